The lowest BCUT2D eigenvalue weighted by molar-refractivity contribution is -0.138. The molecule has 3 fully saturated rings. The van der Waals surface area contributed by atoms with Crippen LogP contribution in [-0.2, 0) is 9.59 Å². The molecule has 2 aliphatic heterocycles. The average molecular weight is 274 g/mol. The maximum atomic E-state index is 12.7. The van der Waals surface area contributed by atoms with E-state index >= 15 is 0 Å². The normalized spacial score (nSPS) is 37.7. The number of likely N-dealkylation sites (tertiary alicyclic amines) is 1. The number of piperidine rings is 1. The van der Waals surface area contributed by atoms with Crippen molar-refractivity contribution in [3.63, 3.8) is 0 Å². The standard InChI is InChI=1S/C16H22N2O2/c19-14-9-16(10-17-14)3-5-18(6-4-16)15(20)13-8-11-1-2-12(13)7-11/h1-2,11-13H,3-10H2,(H,17,19). The molecule has 0 aromatic carbocycles. The van der Waals surface area contributed by atoms with Crippen LogP contribution in [0.1, 0.15) is 32.1 Å². The molecule has 2 bridgehead atoms. The fourth-order valence-corrected chi connectivity index (χ4v) is 4.61. The summed E-state index contributed by atoms with van der Waals surface area (Å²) in [6.07, 6.45) is 9.40. The summed E-state index contributed by atoms with van der Waals surface area (Å²) in [5, 5.41) is 2.95. The molecule has 0 aromatic heterocycles. The molecule has 4 heteroatoms. The molecule has 108 valence electrons. The Morgan fingerprint density at radius 2 is 2.05 bits per heavy atom. The van der Waals surface area contributed by atoms with Gasteiger partial charge in [-0.15, -0.1) is 0 Å². The van der Waals surface area contributed by atoms with Crippen molar-refractivity contribution < 1.29 is 9.59 Å². The van der Waals surface area contributed by atoms with Gasteiger partial charge in [-0.3, -0.25) is 9.59 Å². The first-order chi connectivity index (χ1) is 9.65. The molecule has 0 aromatic rings. The van der Waals surface area contributed by atoms with Crippen molar-refractivity contribution in [3.8, 4) is 0 Å². The molecule has 1 saturated carbocycles. The molecule has 3 unspecified atom stereocenters. The van der Waals surface area contributed by atoms with Crippen LogP contribution in [-0.4, -0.2) is 36.3 Å². The van der Waals surface area contributed by atoms with E-state index in [1.165, 1.54) is 6.42 Å². The van der Waals surface area contributed by atoms with Crippen molar-refractivity contribution in [2.24, 2.45) is 23.2 Å². The summed E-state index contributed by atoms with van der Waals surface area (Å²) >= 11 is 0. The number of fused-ring (bicyclic) bond motifs is 2. The van der Waals surface area contributed by atoms with Crippen molar-refractivity contribution in [1.82, 2.24) is 10.2 Å². The Kier molecular flexibility index (Phi) is 2.69. The van der Waals surface area contributed by atoms with Crippen LogP contribution in [0, 0.1) is 23.2 Å². The van der Waals surface area contributed by atoms with Crippen molar-refractivity contribution >= 4 is 11.8 Å². The Balaban J connectivity index is 1.38. The van der Waals surface area contributed by atoms with E-state index in [0.717, 1.165) is 38.9 Å². The van der Waals surface area contributed by atoms with E-state index in [2.05, 4.69) is 22.4 Å². The number of nitrogens with one attached hydrogen (secondary N) is 1. The van der Waals surface area contributed by atoms with Crippen LogP contribution in [0.4, 0.5) is 0 Å². The summed E-state index contributed by atoms with van der Waals surface area (Å²) in [4.78, 5) is 26.2. The van der Waals surface area contributed by atoms with E-state index in [0.29, 0.717) is 24.2 Å². The van der Waals surface area contributed by atoms with Gasteiger partial charge in [0.05, 0.1) is 0 Å². The van der Waals surface area contributed by atoms with Gasteiger partial charge in [-0.2, -0.15) is 0 Å². The molecule has 0 radical (unpaired) electrons. The first-order valence-electron chi connectivity index (χ1n) is 7.89. The number of nitrogens with zero attached hydrogens (tertiary/aromatic N) is 1. The van der Waals surface area contributed by atoms with Crippen LogP contribution in [0.2, 0.25) is 0 Å². The number of hydrogen-bond acceptors (Lipinski definition) is 2. The first kappa shape index (κ1) is 12.4. The second kappa shape index (κ2) is 4.34. The minimum atomic E-state index is 0.141. The minimum Gasteiger partial charge on any atom is -0.356 e. The van der Waals surface area contributed by atoms with Crippen LogP contribution in [0.25, 0.3) is 0 Å². The molecular weight excluding hydrogens is 252 g/mol. The molecule has 2 saturated heterocycles. The van der Waals surface area contributed by atoms with Crippen LogP contribution in [0.5, 0.6) is 0 Å². The third-order valence-corrected chi connectivity index (χ3v) is 5.93. The largest absolute Gasteiger partial charge is 0.356 e. The predicted molar refractivity (Wildman–Crippen MR) is 74.7 cm³/mol. The maximum absolute atomic E-state index is 12.7. The topological polar surface area (TPSA) is 49.4 Å². The highest BCUT2D eigenvalue weighted by molar-refractivity contribution is 5.81. The van der Waals surface area contributed by atoms with Crippen LogP contribution in [0.15, 0.2) is 12.2 Å². The number of carbonyl (C=O) groups excluding carboxylic acids is 2. The second-order valence-corrected chi connectivity index (χ2v) is 7.17. The Morgan fingerprint density at radius 1 is 1.25 bits per heavy atom. The lowest BCUT2D eigenvalue weighted by Gasteiger charge is -2.39. The Morgan fingerprint density at radius 3 is 2.60 bits per heavy atom. The summed E-state index contributed by atoms with van der Waals surface area (Å²) in [7, 11) is 0. The van der Waals surface area contributed by atoms with Gasteiger partial charge in [0.15, 0.2) is 0 Å². The number of hydrogen-bond donors (Lipinski definition) is 1. The van der Waals surface area contributed by atoms with Gasteiger partial charge in [-0.05, 0) is 42.9 Å². The van der Waals surface area contributed by atoms with Gasteiger partial charge in [-0.25, -0.2) is 0 Å². The maximum Gasteiger partial charge on any atom is 0.226 e. The van der Waals surface area contributed by atoms with E-state index in [-0.39, 0.29) is 17.2 Å². The van der Waals surface area contributed by atoms with Crippen LogP contribution in [0.3, 0.4) is 0 Å². The van der Waals surface area contributed by atoms with Gasteiger partial charge in [0.1, 0.15) is 0 Å². The number of rotatable bonds is 1. The quantitative estimate of drug-likeness (QED) is 0.733. The van der Waals surface area contributed by atoms with Crippen molar-refractivity contribution in [1.29, 1.82) is 0 Å². The van der Waals surface area contributed by atoms with Gasteiger partial charge in [-0.1, -0.05) is 12.2 Å². The Labute approximate surface area is 119 Å². The molecule has 1 spiro atoms. The summed E-state index contributed by atoms with van der Waals surface area (Å²) in [5.74, 6) is 1.94. The monoisotopic (exact) mass is 274 g/mol. The second-order valence-electron chi connectivity index (χ2n) is 7.17. The third-order valence-electron chi connectivity index (χ3n) is 5.93. The van der Waals surface area contributed by atoms with Gasteiger partial charge in [0.2, 0.25) is 11.8 Å². The zero-order valence-electron chi connectivity index (χ0n) is 11.8. The van der Waals surface area contributed by atoms with E-state index in [4.69, 9.17) is 0 Å². The zero-order valence-corrected chi connectivity index (χ0v) is 11.8. The smallest absolute Gasteiger partial charge is 0.226 e. The highest BCUT2D eigenvalue weighted by atomic mass is 16.2. The molecule has 4 aliphatic rings. The number of carbonyl (C=O) groups is 2. The lowest BCUT2D eigenvalue weighted by atomic mass is 9.77. The van der Waals surface area contributed by atoms with Gasteiger partial charge in [0.25, 0.3) is 0 Å². The van der Waals surface area contributed by atoms with Crippen molar-refractivity contribution in [3.05, 3.63) is 12.2 Å². The fraction of sp³-hybridized carbons (Fsp3) is 0.750. The SMILES string of the molecule is O=C1CC2(CCN(C(=O)C3CC4C=CC3C4)CC2)CN1. The molecule has 4 nitrogen and oxygen atoms in total. The van der Waals surface area contributed by atoms with Gasteiger partial charge >= 0.3 is 0 Å². The van der Waals surface area contributed by atoms with Gasteiger partial charge in [0, 0.05) is 32.0 Å². The van der Waals surface area contributed by atoms with Crippen molar-refractivity contribution in [2.45, 2.75) is 32.1 Å². The first-order valence-corrected chi connectivity index (χ1v) is 7.89. The summed E-state index contributed by atoms with van der Waals surface area (Å²) < 4.78 is 0. The van der Waals surface area contributed by atoms with E-state index in [9.17, 15) is 9.59 Å². The molecule has 2 amide bonds. The average Bonchev–Trinajstić information content (AvgIpc) is 3.15. The molecular formula is C16H22N2O2. The lowest BCUT2D eigenvalue weighted by Crippen LogP contribution is -2.46. The summed E-state index contributed by atoms with van der Waals surface area (Å²) in [6, 6.07) is 0. The minimum absolute atomic E-state index is 0.141. The number of amides is 2. The highest BCUT2D eigenvalue weighted by Gasteiger charge is 2.45. The molecule has 4 rings (SSSR count). The Hall–Kier alpha value is -1.32. The summed E-state index contributed by atoms with van der Waals surface area (Å²) in [6.45, 7) is 2.49. The third kappa shape index (κ3) is 1.88. The fourth-order valence-electron chi connectivity index (χ4n) is 4.61. The molecule has 2 heterocycles. The van der Waals surface area contributed by atoms with E-state index in [1.807, 2.05) is 0 Å². The molecule has 2 aliphatic carbocycles. The van der Waals surface area contributed by atoms with Crippen LogP contribution >= 0.6 is 0 Å². The van der Waals surface area contributed by atoms with Crippen molar-refractivity contribution in [2.75, 3.05) is 19.6 Å². The number of allylic oxidation sites excluding steroid dienone is 2. The highest BCUT2D eigenvalue weighted by Crippen LogP contribution is 2.45. The van der Waals surface area contributed by atoms with E-state index in [1.54, 1.807) is 0 Å². The zero-order chi connectivity index (χ0) is 13.7. The molecule has 3 atom stereocenters. The molecule has 20 heavy (non-hydrogen) atoms. The predicted octanol–water partition coefficient (Wildman–Crippen LogP) is 1.33. The van der Waals surface area contributed by atoms with Crippen LogP contribution < -0.4 is 5.32 Å². The van der Waals surface area contributed by atoms with E-state index < -0.39 is 0 Å². The Bertz CT molecular complexity index is 477. The van der Waals surface area contributed by atoms with Gasteiger partial charge < -0.3 is 10.2 Å². The summed E-state index contributed by atoms with van der Waals surface area (Å²) in [5.41, 5.74) is 0.141. The molecule has 1 N–H and O–H groups in total.